The zero-order chi connectivity index (χ0) is 15.8. The third kappa shape index (κ3) is 5.55. The van der Waals surface area contributed by atoms with Crippen LogP contribution < -0.4 is 16.0 Å². The van der Waals surface area contributed by atoms with Crippen molar-refractivity contribution in [1.82, 2.24) is 16.0 Å². The lowest BCUT2D eigenvalue weighted by molar-refractivity contribution is -0.123. The van der Waals surface area contributed by atoms with Crippen LogP contribution in [0, 0.1) is 0 Å². The first kappa shape index (κ1) is 17.2. The molecule has 1 aromatic rings. The average molecular weight is 291 g/mol. The van der Waals surface area contributed by atoms with Crippen LogP contribution in [0.4, 0.5) is 0 Å². The number of hydrogen-bond acceptors (Lipinski definition) is 3. The summed E-state index contributed by atoms with van der Waals surface area (Å²) >= 11 is 0. The Morgan fingerprint density at radius 1 is 1.10 bits per heavy atom. The normalized spacial score (nSPS) is 12.0. The first-order valence-corrected chi connectivity index (χ1v) is 7.29. The first-order valence-electron chi connectivity index (χ1n) is 7.29. The number of amides is 2. The van der Waals surface area contributed by atoms with Crippen molar-refractivity contribution in [2.45, 2.75) is 39.3 Å². The van der Waals surface area contributed by atoms with Crippen molar-refractivity contribution in [3.8, 4) is 0 Å². The number of likely N-dealkylation sites (N-methyl/N-ethyl adjacent to an activating group) is 1. The second-order valence-electron chi connectivity index (χ2n) is 5.37. The zero-order valence-electron chi connectivity index (χ0n) is 13.2. The Hall–Kier alpha value is -1.88. The molecular weight excluding hydrogens is 266 g/mol. The smallest absolute Gasteiger partial charge is 0.252 e. The highest BCUT2D eigenvalue weighted by Crippen LogP contribution is 2.09. The summed E-state index contributed by atoms with van der Waals surface area (Å²) in [4.78, 5) is 24.2. The molecule has 0 aliphatic rings. The van der Waals surface area contributed by atoms with Gasteiger partial charge >= 0.3 is 0 Å². The molecule has 0 bridgehead atoms. The van der Waals surface area contributed by atoms with Gasteiger partial charge in [-0.25, -0.2) is 0 Å². The number of benzene rings is 1. The van der Waals surface area contributed by atoms with Crippen LogP contribution in [0.2, 0.25) is 0 Å². The standard InChI is InChI=1S/C16H25N3O2/c1-11(2)18-15(20)12(3)19-16(21)14-8-6-5-7-13(14)9-10-17-4/h5-8,11-12,17H,9-10H2,1-4H3,(H,18,20)(H,19,21). The molecule has 1 unspecified atom stereocenters. The molecule has 1 rings (SSSR count). The van der Waals surface area contributed by atoms with Crippen molar-refractivity contribution in [1.29, 1.82) is 0 Å². The molecule has 0 spiro atoms. The van der Waals surface area contributed by atoms with Crippen LogP contribution in [-0.2, 0) is 11.2 Å². The summed E-state index contributed by atoms with van der Waals surface area (Å²) in [6, 6.07) is 6.96. The molecule has 0 aromatic heterocycles. The lowest BCUT2D eigenvalue weighted by Gasteiger charge is -2.17. The number of rotatable bonds is 7. The fraction of sp³-hybridized carbons (Fsp3) is 0.500. The van der Waals surface area contributed by atoms with Crippen molar-refractivity contribution < 1.29 is 9.59 Å². The molecule has 0 fully saturated rings. The van der Waals surface area contributed by atoms with Gasteiger partial charge < -0.3 is 16.0 Å². The fourth-order valence-corrected chi connectivity index (χ4v) is 1.97. The highest BCUT2D eigenvalue weighted by molar-refractivity contribution is 5.98. The second kappa shape index (κ2) is 8.42. The summed E-state index contributed by atoms with van der Waals surface area (Å²) in [5.74, 6) is -0.390. The Kier molecular flexibility index (Phi) is 6.88. The van der Waals surface area contributed by atoms with Gasteiger partial charge in [0.05, 0.1) is 0 Å². The lowest BCUT2D eigenvalue weighted by Crippen LogP contribution is -2.46. The van der Waals surface area contributed by atoms with Crippen LogP contribution in [0.5, 0.6) is 0 Å². The van der Waals surface area contributed by atoms with Crippen LogP contribution >= 0.6 is 0 Å². The summed E-state index contributed by atoms with van der Waals surface area (Å²) in [5, 5.41) is 8.60. The van der Waals surface area contributed by atoms with Crippen LogP contribution in [0.15, 0.2) is 24.3 Å². The maximum atomic E-state index is 12.3. The van der Waals surface area contributed by atoms with Gasteiger partial charge in [-0.1, -0.05) is 18.2 Å². The Labute approximate surface area is 126 Å². The molecule has 0 aliphatic heterocycles. The topological polar surface area (TPSA) is 70.2 Å². The third-order valence-electron chi connectivity index (χ3n) is 3.08. The molecule has 0 saturated carbocycles. The maximum absolute atomic E-state index is 12.3. The van der Waals surface area contributed by atoms with Gasteiger partial charge in [0.1, 0.15) is 6.04 Å². The molecule has 0 heterocycles. The molecule has 1 atom stereocenters. The van der Waals surface area contributed by atoms with Crippen LogP contribution in [0.1, 0.15) is 36.7 Å². The molecule has 2 amide bonds. The Morgan fingerprint density at radius 2 is 1.76 bits per heavy atom. The number of nitrogens with one attached hydrogen (secondary N) is 3. The van der Waals surface area contributed by atoms with E-state index in [1.165, 1.54) is 0 Å². The van der Waals surface area contributed by atoms with E-state index in [1.54, 1.807) is 13.0 Å². The molecule has 116 valence electrons. The van der Waals surface area contributed by atoms with Crippen molar-refractivity contribution in [3.63, 3.8) is 0 Å². The average Bonchev–Trinajstić information content (AvgIpc) is 2.44. The van der Waals surface area contributed by atoms with Crippen LogP contribution in [-0.4, -0.2) is 37.5 Å². The Bertz CT molecular complexity index is 486. The molecule has 3 N–H and O–H groups in total. The van der Waals surface area contributed by atoms with Crippen molar-refractivity contribution in [2.75, 3.05) is 13.6 Å². The lowest BCUT2D eigenvalue weighted by atomic mass is 10.0. The molecule has 0 aliphatic carbocycles. The van der Waals surface area contributed by atoms with Gasteiger partial charge in [-0.2, -0.15) is 0 Å². The minimum atomic E-state index is -0.558. The molecule has 5 heteroatoms. The predicted molar refractivity (Wildman–Crippen MR) is 84.3 cm³/mol. The third-order valence-corrected chi connectivity index (χ3v) is 3.08. The van der Waals surface area contributed by atoms with E-state index < -0.39 is 6.04 Å². The fourth-order valence-electron chi connectivity index (χ4n) is 1.97. The molecular formula is C16H25N3O2. The van der Waals surface area contributed by atoms with Gasteiger partial charge in [0.25, 0.3) is 5.91 Å². The Balaban J connectivity index is 2.73. The largest absolute Gasteiger partial charge is 0.352 e. The number of hydrogen-bond donors (Lipinski definition) is 3. The highest BCUT2D eigenvalue weighted by Gasteiger charge is 2.18. The van der Waals surface area contributed by atoms with Crippen LogP contribution in [0.25, 0.3) is 0 Å². The minimum absolute atomic E-state index is 0.0553. The van der Waals surface area contributed by atoms with Gasteiger partial charge in [-0.3, -0.25) is 9.59 Å². The van der Waals surface area contributed by atoms with E-state index in [2.05, 4.69) is 16.0 Å². The maximum Gasteiger partial charge on any atom is 0.252 e. The molecule has 0 radical (unpaired) electrons. The van der Waals surface area contributed by atoms with Crippen LogP contribution in [0.3, 0.4) is 0 Å². The van der Waals surface area contributed by atoms with Crippen molar-refractivity contribution >= 4 is 11.8 Å². The number of carbonyl (C=O) groups is 2. The summed E-state index contributed by atoms with van der Waals surface area (Å²) in [6.45, 7) is 6.26. The summed E-state index contributed by atoms with van der Waals surface area (Å²) in [5.41, 5.74) is 1.60. The van der Waals surface area contributed by atoms with Gasteiger partial charge in [-0.15, -0.1) is 0 Å². The van der Waals surface area contributed by atoms with E-state index in [4.69, 9.17) is 0 Å². The van der Waals surface area contributed by atoms with E-state index in [0.29, 0.717) is 5.56 Å². The molecule has 0 saturated heterocycles. The van der Waals surface area contributed by atoms with Crippen molar-refractivity contribution in [2.24, 2.45) is 0 Å². The number of carbonyl (C=O) groups excluding carboxylic acids is 2. The zero-order valence-corrected chi connectivity index (χ0v) is 13.2. The Morgan fingerprint density at radius 3 is 2.38 bits per heavy atom. The monoisotopic (exact) mass is 291 g/mol. The quantitative estimate of drug-likeness (QED) is 0.704. The van der Waals surface area contributed by atoms with Gasteiger partial charge in [-0.05, 0) is 52.4 Å². The molecule has 21 heavy (non-hydrogen) atoms. The second-order valence-corrected chi connectivity index (χ2v) is 5.37. The predicted octanol–water partition coefficient (Wildman–Crippen LogP) is 1.09. The summed E-state index contributed by atoms with van der Waals surface area (Å²) in [7, 11) is 1.88. The molecule has 5 nitrogen and oxygen atoms in total. The summed E-state index contributed by atoms with van der Waals surface area (Å²) in [6.07, 6.45) is 0.771. The molecule has 1 aromatic carbocycles. The minimum Gasteiger partial charge on any atom is -0.352 e. The van der Waals surface area contributed by atoms with Gasteiger partial charge in [0.2, 0.25) is 5.91 Å². The van der Waals surface area contributed by atoms with E-state index in [9.17, 15) is 9.59 Å². The first-order chi connectivity index (χ1) is 9.95. The van der Waals surface area contributed by atoms with E-state index in [0.717, 1.165) is 18.5 Å². The van der Waals surface area contributed by atoms with E-state index in [-0.39, 0.29) is 17.9 Å². The van der Waals surface area contributed by atoms with E-state index >= 15 is 0 Å². The van der Waals surface area contributed by atoms with E-state index in [1.807, 2.05) is 39.1 Å². The van der Waals surface area contributed by atoms with Crippen molar-refractivity contribution in [3.05, 3.63) is 35.4 Å². The SMILES string of the molecule is CNCCc1ccccc1C(=O)NC(C)C(=O)NC(C)C. The highest BCUT2D eigenvalue weighted by atomic mass is 16.2. The van der Waals surface area contributed by atoms with Gasteiger partial charge in [0.15, 0.2) is 0 Å². The summed E-state index contributed by atoms with van der Waals surface area (Å²) < 4.78 is 0. The van der Waals surface area contributed by atoms with Gasteiger partial charge in [0, 0.05) is 11.6 Å².